The minimum atomic E-state index is -0.260. The van der Waals surface area contributed by atoms with E-state index in [-0.39, 0.29) is 5.97 Å². The molecule has 0 radical (unpaired) electrons. The fraction of sp³-hybridized carbons (Fsp3) is 0.167. The molecule has 1 heterocycles. The maximum absolute atomic E-state index is 12.0. The third-order valence-corrected chi connectivity index (χ3v) is 3.48. The Hall–Kier alpha value is -2.55. The summed E-state index contributed by atoms with van der Waals surface area (Å²) in [6, 6.07) is 17.9. The van der Waals surface area contributed by atoms with Gasteiger partial charge in [-0.3, -0.25) is 0 Å². The SMILES string of the molecule is CCOC(=O)c1ccccc1Cc1cc2ccccc2[nH]1. The number of hydrogen-bond acceptors (Lipinski definition) is 2. The summed E-state index contributed by atoms with van der Waals surface area (Å²) in [6.07, 6.45) is 0.684. The molecule has 0 spiro atoms. The van der Waals surface area contributed by atoms with Crippen LogP contribution in [-0.4, -0.2) is 17.6 Å². The Bertz CT molecular complexity index is 740. The molecule has 106 valence electrons. The molecule has 3 heteroatoms. The third kappa shape index (κ3) is 2.82. The first-order chi connectivity index (χ1) is 10.3. The van der Waals surface area contributed by atoms with E-state index in [2.05, 4.69) is 23.2 Å². The number of nitrogens with one attached hydrogen (secondary N) is 1. The van der Waals surface area contributed by atoms with Crippen LogP contribution in [-0.2, 0) is 11.2 Å². The molecule has 0 aliphatic rings. The van der Waals surface area contributed by atoms with Crippen LogP contribution in [0.2, 0.25) is 0 Å². The van der Waals surface area contributed by atoms with Crippen molar-refractivity contribution in [2.75, 3.05) is 6.61 Å². The van der Waals surface area contributed by atoms with E-state index in [4.69, 9.17) is 4.74 Å². The molecule has 3 rings (SSSR count). The van der Waals surface area contributed by atoms with Crippen molar-refractivity contribution >= 4 is 16.9 Å². The lowest BCUT2D eigenvalue weighted by Gasteiger charge is -2.07. The summed E-state index contributed by atoms with van der Waals surface area (Å²) in [5.74, 6) is -0.260. The molecule has 0 unspecified atom stereocenters. The van der Waals surface area contributed by atoms with Gasteiger partial charge < -0.3 is 9.72 Å². The van der Waals surface area contributed by atoms with E-state index >= 15 is 0 Å². The molecule has 3 aromatic rings. The number of ether oxygens (including phenoxy) is 1. The van der Waals surface area contributed by atoms with Gasteiger partial charge in [0.25, 0.3) is 0 Å². The van der Waals surface area contributed by atoms with Crippen LogP contribution in [0.5, 0.6) is 0 Å². The maximum Gasteiger partial charge on any atom is 0.338 e. The van der Waals surface area contributed by atoms with Crippen LogP contribution in [0.3, 0.4) is 0 Å². The van der Waals surface area contributed by atoms with Crippen molar-refractivity contribution in [3.05, 3.63) is 71.4 Å². The normalized spacial score (nSPS) is 10.7. The Labute approximate surface area is 123 Å². The average molecular weight is 279 g/mol. The molecule has 0 aliphatic heterocycles. The van der Waals surface area contributed by atoms with Gasteiger partial charge in [-0.05, 0) is 36.1 Å². The van der Waals surface area contributed by atoms with Gasteiger partial charge in [0, 0.05) is 17.6 Å². The molecule has 0 saturated heterocycles. The first kappa shape index (κ1) is 13.4. The minimum absolute atomic E-state index is 0.260. The van der Waals surface area contributed by atoms with Gasteiger partial charge in [0.2, 0.25) is 0 Å². The fourth-order valence-corrected chi connectivity index (χ4v) is 2.52. The number of esters is 1. The van der Waals surface area contributed by atoms with E-state index in [0.29, 0.717) is 18.6 Å². The van der Waals surface area contributed by atoms with Crippen molar-refractivity contribution < 1.29 is 9.53 Å². The van der Waals surface area contributed by atoms with Gasteiger partial charge >= 0.3 is 5.97 Å². The topological polar surface area (TPSA) is 42.1 Å². The number of hydrogen-bond donors (Lipinski definition) is 1. The number of rotatable bonds is 4. The summed E-state index contributed by atoms with van der Waals surface area (Å²) < 4.78 is 5.12. The summed E-state index contributed by atoms with van der Waals surface area (Å²) in [7, 11) is 0. The summed E-state index contributed by atoms with van der Waals surface area (Å²) in [5, 5.41) is 1.18. The number of H-pyrrole nitrogens is 1. The van der Waals surface area contributed by atoms with E-state index < -0.39 is 0 Å². The van der Waals surface area contributed by atoms with Gasteiger partial charge in [0.1, 0.15) is 0 Å². The zero-order valence-electron chi connectivity index (χ0n) is 11.9. The zero-order chi connectivity index (χ0) is 14.7. The van der Waals surface area contributed by atoms with Crippen molar-refractivity contribution in [3.63, 3.8) is 0 Å². The molecule has 0 aliphatic carbocycles. The monoisotopic (exact) mass is 279 g/mol. The second-order valence-electron chi connectivity index (χ2n) is 4.94. The van der Waals surface area contributed by atoms with E-state index in [9.17, 15) is 4.79 Å². The molecule has 0 bridgehead atoms. The zero-order valence-corrected chi connectivity index (χ0v) is 11.9. The van der Waals surface area contributed by atoms with Crippen LogP contribution in [0.1, 0.15) is 28.5 Å². The van der Waals surface area contributed by atoms with Crippen molar-refractivity contribution in [1.82, 2.24) is 4.98 Å². The highest BCUT2D eigenvalue weighted by molar-refractivity contribution is 5.91. The van der Waals surface area contributed by atoms with Crippen LogP contribution in [0.4, 0.5) is 0 Å². The molecule has 1 N–H and O–H groups in total. The van der Waals surface area contributed by atoms with Crippen molar-refractivity contribution in [1.29, 1.82) is 0 Å². The fourth-order valence-electron chi connectivity index (χ4n) is 2.52. The van der Waals surface area contributed by atoms with Gasteiger partial charge in [0.15, 0.2) is 0 Å². The minimum Gasteiger partial charge on any atom is -0.462 e. The second kappa shape index (κ2) is 5.83. The lowest BCUT2D eigenvalue weighted by atomic mass is 10.0. The summed E-state index contributed by atoms with van der Waals surface area (Å²) in [5.41, 5.74) is 3.81. The lowest BCUT2D eigenvalue weighted by molar-refractivity contribution is 0.0525. The molecule has 21 heavy (non-hydrogen) atoms. The molecule has 0 fully saturated rings. The number of carbonyl (C=O) groups excluding carboxylic acids is 1. The Kier molecular flexibility index (Phi) is 3.73. The number of aromatic nitrogens is 1. The number of para-hydroxylation sites is 1. The second-order valence-corrected chi connectivity index (χ2v) is 4.94. The molecule has 2 aromatic carbocycles. The van der Waals surface area contributed by atoms with Crippen LogP contribution in [0, 0.1) is 0 Å². The Morgan fingerprint density at radius 3 is 2.67 bits per heavy atom. The van der Waals surface area contributed by atoms with Gasteiger partial charge in [-0.25, -0.2) is 4.79 Å². The molecule has 0 amide bonds. The number of fused-ring (bicyclic) bond motifs is 1. The summed E-state index contributed by atoms with van der Waals surface area (Å²) in [4.78, 5) is 15.4. The molecule has 1 aromatic heterocycles. The van der Waals surface area contributed by atoms with Crippen LogP contribution < -0.4 is 0 Å². The highest BCUT2D eigenvalue weighted by Crippen LogP contribution is 2.19. The molecule has 0 atom stereocenters. The Morgan fingerprint density at radius 2 is 1.86 bits per heavy atom. The van der Waals surface area contributed by atoms with Crippen LogP contribution in [0.15, 0.2) is 54.6 Å². The van der Waals surface area contributed by atoms with E-state index in [1.54, 1.807) is 0 Å². The lowest BCUT2D eigenvalue weighted by Crippen LogP contribution is -2.08. The highest BCUT2D eigenvalue weighted by atomic mass is 16.5. The van der Waals surface area contributed by atoms with Gasteiger partial charge in [0.05, 0.1) is 12.2 Å². The van der Waals surface area contributed by atoms with E-state index in [1.807, 2.05) is 43.3 Å². The smallest absolute Gasteiger partial charge is 0.338 e. The Morgan fingerprint density at radius 1 is 1.10 bits per heavy atom. The first-order valence-electron chi connectivity index (χ1n) is 7.09. The third-order valence-electron chi connectivity index (χ3n) is 3.48. The van der Waals surface area contributed by atoms with E-state index in [1.165, 1.54) is 5.39 Å². The number of carbonyl (C=O) groups is 1. The molecule has 3 nitrogen and oxygen atoms in total. The largest absolute Gasteiger partial charge is 0.462 e. The number of aromatic amines is 1. The maximum atomic E-state index is 12.0. The van der Waals surface area contributed by atoms with Gasteiger partial charge in [-0.15, -0.1) is 0 Å². The molecular formula is C18H17NO2. The predicted molar refractivity (Wildman–Crippen MR) is 83.5 cm³/mol. The van der Waals surface area contributed by atoms with Gasteiger partial charge in [-0.2, -0.15) is 0 Å². The van der Waals surface area contributed by atoms with Gasteiger partial charge in [-0.1, -0.05) is 36.4 Å². The first-order valence-corrected chi connectivity index (χ1v) is 7.09. The molecule has 0 saturated carbocycles. The van der Waals surface area contributed by atoms with Crippen molar-refractivity contribution in [2.45, 2.75) is 13.3 Å². The van der Waals surface area contributed by atoms with Crippen molar-refractivity contribution in [2.24, 2.45) is 0 Å². The summed E-state index contributed by atoms with van der Waals surface area (Å²) in [6.45, 7) is 2.21. The van der Waals surface area contributed by atoms with E-state index in [0.717, 1.165) is 16.8 Å². The average Bonchev–Trinajstić information content (AvgIpc) is 2.90. The Balaban J connectivity index is 1.92. The van der Waals surface area contributed by atoms with Crippen LogP contribution in [0.25, 0.3) is 10.9 Å². The van der Waals surface area contributed by atoms with Crippen LogP contribution >= 0.6 is 0 Å². The number of benzene rings is 2. The molecular weight excluding hydrogens is 262 g/mol. The van der Waals surface area contributed by atoms with Crippen molar-refractivity contribution in [3.8, 4) is 0 Å². The predicted octanol–water partition coefficient (Wildman–Crippen LogP) is 3.94. The standard InChI is InChI=1S/C18H17NO2/c1-2-21-18(20)16-9-5-3-7-13(16)11-15-12-14-8-4-6-10-17(14)19-15/h3-10,12,19H,2,11H2,1H3. The summed E-state index contributed by atoms with van der Waals surface area (Å²) >= 11 is 0. The highest BCUT2D eigenvalue weighted by Gasteiger charge is 2.12. The quantitative estimate of drug-likeness (QED) is 0.735.